The van der Waals surface area contributed by atoms with Gasteiger partial charge in [0.05, 0.1) is 3.79 Å². The number of nitrogens with one attached hydrogen (secondary N) is 1. The number of rotatable bonds is 7. The number of thiophene rings is 1. The summed E-state index contributed by atoms with van der Waals surface area (Å²) in [5, 5.41) is 3.37. The van der Waals surface area contributed by atoms with Gasteiger partial charge in [0.2, 0.25) is 0 Å². The Morgan fingerprint density at radius 3 is 2.81 bits per heavy atom. The van der Waals surface area contributed by atoms with Crippen LogP contribution < -0.4 is 10.1 Å². The Balaban J connectivity index is 2.10. The average Bonchev–Trinajstić information content (AvgIpc) is 2.89. The van der Waals surface area contributed by atoms with Crippen LogP contribution >= 0.6 is 27.3 Å². The molecule has 2 nitrogen and oxygen atoms in total. The molecule has 0 aliphatic rings. The summed E-state index contributed by atoms with van der Waals surface area (Å²) in [6.07, 6.45) is 1.04. The largest absolute Gasteiger partial charge is 0.488 e. The van der Waals surface area contributed by atoms with Gasteiger partial charge in [0.25, 0.3) is 0 Å². The third-order valence-corrected chi connectivity index (χ3v) is 4.73. The predicted octanol–water partition coefficient (Wildman–Crippen LogP) is 5.29. The van der Waals surface area contributed by atoms with Gasteiger partial charge in [-0.05, 0) is 66.2 Å². The summed E-state index contributed by atoms with van der Waals surface area (Å²) in [5.74, 6) is 0.499. The van der Waals surface area contributed by atoms with Crippen LogP contribution in [0.1, 0.15) is 36.8 Å². The third kappa shape index (κ3) is 4.80. The monoisotopic (exact) mass is 371 g/mol. The molecule has 0 amide bonds. The van der Waals surface area contributed by atoms with Crippen LogP contribution in [0.4, 0.5) is 4.39 Å². The van der Waals surface area contributed by atoms with Gasteiger partial charge in [-0.1, -0.05) is 6.92 Å². The number of hydrogen-bond donors (Lipinski definition) is 1. The van der Waals surface area contributed by atoms with Gasteiger partial charge in [-0.15, -0.1) is 11.3 Å². The molecule has 0 fully saturated rings. The molecule has 0 saturated carbocycles. The minimum absolute atomic E-state index is 0.0609. The van der Waals surface area contributed by atoms with E-state index in [4.69, 9.17) is 4.74 Å². The van der Waals surface area contributed by atoms with Crippen LogP contribution in [0.3, 0.4) is 0 Å². The van der Waals surface area contributed by atoms with Crippen molar-refractivity contribution in [2.75, 3.05) is 6.54 Å². The molecule has 1 unspecified atom stereocenters. The van der Waals surface area contributed by atoms with Crippen molar-refractivity contribution < 1.29 is 9.13 Å². The molecule has 0 bridgehead atoms. The zero-order valence-electron chi connectivity index (χ0n) is 12.2. The molecule has 0 aliphatic carbocycles. The highest BCUT2D eigenvalue weighted by Gasteiger charge is 2.13. The fourth-order valence-electron chi connectivity index (χ4n) is 2.04. The fourth-order valence-corrected chi connectivity index (χ4v) is 3.43. The van der Waals surface area contributed by atoms with Crippen molar-refractivity contribution in [1.82, 2.24) is 5.32 Å². The van der Waals surface area contributed by atoms with Gasteiger partial charge in [0.1, 0.15) is 18.2 Å². The van der Waals surface area contributed by atoms with Crippen LogP contribution in [0.2, 0.25) is 0 Å². The first-order valence-electron chi connectivity index (χ1n) is 7.00. The Hall–Kier alpha value is -0.910. The van der Waals surface area contributed by atoms with E-state index in [0.717, 1.165) is 32.9 Å². The van der Waals surface area contributed by atoms with Crippen LogP contribution in [0.5, 0.6) is 5.75 Å². The summed E-state index contributed by atoms with van der Waals surface area (Å²) in [4.78, 5) is 1.13. The molecule has 0 aliphatic heterocycles. The number of benzene rings is 1. The average molecular weight is 372 g/mol. The van der Waals surface area contributed by atoms with Crippen molar-refractivity contribution in [2.45, 2.75) is 32.9 Å². The summed E-state index contributed by atoms with van der Waals surface area (Å²) in [5.41, 5.74) is 0.860. The van der Waals surface area contributed by atoms with Gasteiger partial charge in [0, 0.05) is 16.5 Å². The lowest BCUT2D eigenvalue weighted by molar-refractivity contribution is 0.302. The highest BCUT2D eigenvalue weighted by atomic mass is 79.9. The lowest BCUT2D eigenvalue weighted by Gasteiger charge is -2.18. The standard InChI is InChI=1S/C16H19BrFNOS/c1-3-8-19-11(2)14-9-12(18)4-6-15(14)20-10-13-5-7-16(17)21-13/h4-7,9,11,19H,3,8,10H2,1-2H3. The molecule has 0 spiro atoms. The van der Waals surface area contributed by atoms with E-state index in [1.54, 1.807) is 23.5 Å². The van der Waals surface area contributed by atoms with Crippen molar-refractivity contribution in [3.8, 4) is 5.75 Å². The molecule has 1 atom stereocenters. The molecule has 2 aromatic rings. The molecule has 21 heavy (non-hydrogen) atoms. The van der Waals surface area contributed by atoms with E-state index in [1.165, 1.54) is 6.07 Å². The quantitative estimate of drug-likeness (QED) is 0.713. The van der Waals surface area contributed by atoms with Gasteiger partial charge < -0.3 is 10.1 Å². The van der Waals surface area contributed by atoms with E-state index < -0.39 is 0 Å². The minimum Gasteiger partial charge on any atom is -0.488 e. The van der Waals surface area contributed by atoms with Crippen LogP contribution in [-0.2, 0) is 6.61 Å². The van der Waals surface area contributed by atoms with Gasteiger partial charge in [-0.25, -0.2) is 4.39 Å². The summed E-state index contributed by atoms with van der Waals surface area (Å²) in [6.45, 7) is 5.53. The van der Waals surface area contributed by atoms with Crippen molar-refractivity contribution >= 4 is 27.3 Å². The fraction of sp³-hybridized carbons (Fsp3) is 0.375. The molecule has 5 heteroatoms. The second kappa shape index (κ2) is 7.92. The highest BCUT2D eigenvalue weighted by molar-refractivity contribution is 9.11. The first-order chi connectivity index (χ1) is 10.1. The number of halogens is 2. The second-order valence-electron chi connectivity index (χ2n) is 4.85. The Morgan fingerprint density at radius 2 is 2.14 bits per heavy atom. The predicted molar refractivity (Wildman–Crippen MR) is 89.5 cm³/mol. The van der Waals surface area contributed by atoms with Gasteiger partial charge in [-0.2, -0.15) is 0 Å². The topological polar surface area (TPSA) is 21.3 Å². The highest BCUT2D eigenvalue weighted by Crippen LogP contribution is 2.28. The molecular weight excluding hydrogens is 353 g/mol. The van der Waals surface area contributed by atoms with E-state index in [9.17, 15) is 4.39 Å². The lowest BCUT2D eigenvalue weighted by Crippen LogP contribution is -2.20. The van der Waals surface area contributed by atoms with Gasteiger partial charge >= 0.3 is 0 Å². The molecular formula is C16H19BrFNOS. The van der Waals surface area contributed by atoms with E-state index in [0.29, 0.717) is 6.61 Å². The molecule has 0 saturated heterocycles. The Bertz CT molecular complexity index is 587. The van der Waals surface area contributed by atoms with E-state index in [2.05, 4.69) is 28.2 Å². The van der Waals surface area contributed by atoms with Crippen LogP contribution in [0.25, 0.3) is 0 Å². The third-order valence-electron chi connectivity index (χ3n) is 3.14. The zero-order valence-corrected chi connectivity index (χ0v) is 14.6. The maximum Gasteiger partial charge on any atom is 0.124 e. The number of ether oxygens (including phenoxy) is 1. The van der Waals surface area contributed by atoms with Crippen LogP contribution in [0.15, 0.2) is 34.1 Å². The molecule has 0 radical (unpaired) electrons. The maximum atomic E-state index is 13.5. The molecule has 1 aromatic heterocycles. The number of hydrogen-bond acceptors (Lipinski definition) is 3. The molecule has 2 rings (SSSR count). The first-order valence-corrected chi connectivity index (χ1v) is 8.61. The van der Waals surface area contributed by atoms with Crippen LogP contribution in [-0.4, -0.2) is 6.54 Å². The Labute approximate surface area is 137 Å². The Morgan fingerprint density at radius 1 is 1.33 bits per heavy atom. The second-order valence-corrected chi connectivity index (χ2v) is 7.40. The summed E-state index contributed by atoms with van der Waals surface area (Å²) >= 11 is 5.08. The molecule has 1 aromatic carbocycles. The summed E-state index contributed by atoms with van der Waals surface area (Å²) in [6, 6.07) is 8.78. The first kappa shape index (κ1) is 16.5. The van der Waals surface area contributed by atoms with Gasteiger partial charge in [0.15, 0.2) is 0 Å². The summed E-state index contributed by atoms with van der Waals surface area (Å²) < 4.78 is 20.5. The lowest BCUT2D eigenvalue weighted by atomic mass is 10.1. The van der Waals surface area contributed by atoms with Crippen molar-refractivity contribution in [3.05, 3.63) is 50.4 Å². The summed E-state index contributed by atoms with van der Waals surface area (Å²) in [7, 11) is 0. The van der Waals surface area contributed by atoms with E-state index >= 15 is 0 Å². The van der Waals surface area contributed by atoms with Crippen molar-refractivity contribution in [3.63, 3.8) is 0 Å². The van der Waals surface area contributed by atoms with Crippen molar-refractivity contribution in [2.24, 2.45) is 0 Å². The maximum absolute atomic E-state index is 13.5. The Kier molecular flexibility index (Phi) is 6.21. The zero-order chi connectivity index (χ0) is 15.2. The SMILES string of the molecule is CCCNC(C)c1cc(F)ccc1OCc1ccc(Br)s1. The van der Waals surface area contributed by atoms with E-state index in [-0.39, 0.29) is 11.9 Å². The van der Waals surface area contributed by atoms with Crippen LogP contribution in [0, 0.1) is 5.82 Å². The molecule has 1 heterocycles. The normalized spacial score (nSPS) is 12.4. The smallest absolute Gasteiger partial charge is 0.124 e. The van der Waals surface area contributed by atoms with Gasteiger partial charge in [-0.3, -0.25) is 0 Å². The molecule has 1 N–H and O–H groups in total. The molecule has 114 valence electrons. The van der Waals surface area contributed by atoms with Crippen molar-refractivity contribution in [1.29, 1.82) is 0 Å². The van der Waals surface area contributed by atoms with E-state index in [1.807, 2.05) is 19.1 Å². The minimum atomic E-state index is -0.235.